The average molecular weight is 452 g/mol. The van der Waals surface area contributed by atoms with Gasteiger partial charge in [0.15, 0.2) is 0 Å². The van der Waals surface area contributed by atoms with Gasteiger partial charge in [-0.15, -0.1) is 0 Å². The van der Waals surface area contributed by atoms with Gasteiger partial charge in [-0.1, -0.05) is 11.6 Å². The van der Waals surface area contributed by atoms with E-state index in [0.29, 0.717) is 11.9 Å². The fourth-order valence-electron chi connectivity index (χ4n) is 4.52. The van der Waals surface area contributed by atoms with Crippen LogP contribution in [0.25, 0.3) is 5.95 Å². The third-order valence-electron chi connectivity index (χ3n) is 6.47. The molecule has 8 nitrogen and oxygen atoms in total. The number of ether oxygens (including phenoxy) is 1. The smallest absolute Gasteiger partial charge is 0.250 e. The van der Waals surface area contributed by atoms with E-state index >= 15 is 0 Å². The SMILES string of the molecule is CC1(N2CCC(c3cc(Nc4cnn(-c5ncccn5)c4)c(C=N)cc3Cl)CC2)COC1. The molecule has 5 rings (SSSR count). The Morgan fingerprint density at radius 1 is 1.22 bits per heavy atom. The van der Waals surface area contributed by atoms with Crippen molar-refractivity contribution in [3.63, 3.8) is 0 Å². The predicted molar refractivity (Wildman–Crippen MR) is 125 cm³/mol. The summed E-state index contributed by atoms with van der Waals surface area (Å²) >= 11 is 6.67. The number of benzene rings is 1. The zero-order valence-corrected chi connectivity index (χ0v) is 18.7. The zero-order chi connectivity index (χ0) is 22.1. The van der Waals surface area contributed by atoms with Crippen LogP contribution in [0.5, 0.6) is 0 Å². The Bertz CT molecular complexity index is 1100. The van der Waals surface area contributed by atoms with E-state index in [9.17, 15) is 0 Å². The summed E-state index contributed by atoms with van der Waals surface area (Å²) in [4.78, 5) is 11.0. The largest absolute Gasteiger partial charge is 0.377 e. The first-order valence-electron chi connectivity index (χ1n) is 10.8. The summed E-state index contributed by atoms with van der Waals surface area (Å²) in [5.41, 5.74) is 3.69. The molecule has 4 heterocycles. The molecule has 0 bridgehead atoms. The Kier molecular flexibility index (Phi) is 5.67. The predicted octanol–water partition coefficient (Wildman–Crippen LogP) is 4.03. The molecule has 0 aliphatic carbocycles. The summed E-state index contributed by atoms with van der Waals surface area (Å²) < 4.78 is 7.06. The molecule has 0 atom stereocenters. The van der Waals surface area contributed by atoms with Crippen molar-refractivity contribution < 1.29 is 4.74 Å². The fourth-order valence-corrected chi connectivity index (χ4v) is 4.84. The number of likely N-dealkylation sites (tertiary alicyclic amines) is 1. The molecular formula is C23H26ClN7O. The normalized spacial score (nSPS) is 18.8. The summed E-state index contributed by atoms with van der Waals surface area (Å²) in [6.45, 7) is 6.01. The van der Waals surface area contributed by atoms with E-state index in [1.165, 1.54) is 6.21 Å². The van der Waals surface area contributed by atoms with Crippen LogP contribution in [0.3, 0.4) is 0 Å². The fraction of sp³-hybridized carbons (Fsp3) is 0.391. The molecule has 166 valence electrons. The standard InChI is InChI=1S/C23H26ClN7O/c1-23(14-32-15-23)30-7-3-16(4-8-30)19-10-21(17(11-25)9-20(19)24)29-18-12-28-31(13-18)22-26-5-2-6-27-22/h2,5-6,9-13,16,25,29H,3-4,7-8,14-15H2,1H3. The molecule has 0 spiro atoms. The summed E-state index contributed by atoms with van der Waals surface area (Å²) in [5, 5.41) is 16.3. The molecular weight excluding hydrogens is 426 g/mol. The van der Waals surface area contributed by atoms with Crippen molar-refractivity contribution in [2.24, 2.45) is 0 Å². The van der Waals surface area contributed by atoms with Crippen LogP contribution in [0.4, 0.5) is 11.4 Å². The van der Waals surface area contributed by atoms with Crippen molar-refractivity contribution in [1.82, 2.24) is 24.6 Å². The Morgan fingerprint density at radius 2 is 1.97 bits per heavy atom. The van der Waals surface area contributed by atoms with Crippen molar-refractivity contribution in [2.75, 3.05) is 31.6 Å². The van der Waals surface area contributed by atoms with Gasteiger partial charge in [0.05, 0.1) is 36.8 Å². The molecule has 0 saturated carbocycles. The van der Waals surface area contributed by atoms with E-state index in [1.54, 1.807) is 29.3 Å². The molecule has 1 aromatic carbocycles. The third-order valence-corrected chi connectivity index (χ3v) is 6.79. The van der Waals surface area contributed by atoms with Gasteiger partial charge in [0, 0.05) is 34.9 Å². The van der Waals surface area contributed by atoms with Gasteiger partial charge in [0.25, 0.3) is 0 Å². The lowest BCUT2D eigenvalue weighted by Crippen LogP contribution is -2.61. The maximum absolute atomic E-state index is 7.84. The monoisotopic (exact) mass is 451 g/mol. The van der Waals surface area contributed by atoms with E-state index < -0.39 is 0 Å². The molecule has 9 heteroatoms. The van der Waals surface area contributed by atoms with Gasteiger partial charge >= 0.3 is 0 Å². The van der Waals surface area contributed by atoms with Gasteiger partial charge in [0.1, 0.15) is 0 Å². The van der Waals surface area contributed by atoms with Crippen molar-refractivity contribution >= 4 is 29.2 Å². The number of piperidine rings is 1. The number of nitrogens with one attached hydrogen (secondary N) is 2. The van der Waals surface area contributed by atoms with Gasteiger partial charge < -0.3 is 15.5 Å². The molecule has 2 aliphatic rings. The van der Waals surface area contributed by atoms with Crippen LogP contribution >= 0.6 is 11.6 Å². The summed E-state index contributed by atoms with van der Waals surface area (Å²) in [6.07, 6.45) is 10.3. The highest BCUT2D eigenvalue weighted by Crippen LogP contribution is 2.39. The Hall–Kier alpha value is -2.81. The molecule has 2 aliphatic heterocycles. The second-order valence-electron chi connectivity index (χ2n) is 8.70. The summed E-state index contributed by atoms with van der Waals surface area (Å²) in [5.74, 6) is 0.895. The van der Waals surface area contributed by atoms with Crippen LogP contribution in [0.15, 0.2) is 43.0 Å². The number of aromatic nitrogens is 4. The highest BCUT2D eigenvalue weighted by Gasteiger charge is 2.41. The average Bonchev–Trinajstić information content (AvgIpc) is 3.27. The van der Waals surface area contributed by atoms with E-state index in [0.717, 1.165) is 66.7 Å². The highest BCUT2D eigenvalue weighted by atomic mass is 35.5. The Balaban J connectivity index is 1.35. The topological polar surface area (TPSA) is 92.0 Å². The van der Waals surface area contributed by atoms with Crippen LogP contribution in [0, 0.1) is 5.41 Å². The van der Waals surface area contributed by atoms with Gasteiger partial charge in [-0.25, -0.2) is 14.6 Å². The molecule has 2 N–H and O–H groups in total. The molecule has 32 heavy (non-hydrogen) atoms. The second-order valence-corrected chi connectivity index (χ2v) is 9.11. The lowest BCUT2D eigenvalue weighted by atomic mass is 9.85. The molecule has 2 saturated heterocycles. The van der Waals surface area contributed by atoms with E-state index in [4.69, 9.17) is 21.7 Å². The first kappa shape index (κ1) is 21.1. The van der Waals surface area contributed by atoms with Gasteiger partial charge in [-0.2, -0.15) is 5.10 Å². The zero-order valence-electron chi connectivity index (χ0n) is 18.0. The van der Waals surface area contributed by atoms with Crippen molar-refractivity contribution in [1.29, 1.82) is 5.41 Å². The molecule has 2 aromatic heterocycles. The molecule has 2 fully saturated rings. The van der Waals surface area contributed by atoms with Gasteiger partial charge in [-0.3, -0.25) is 4.90 Å². The molecule has 0 unspecified atom stereocenters. The van der Waals surface area contributed by atoms with Crippen LogP contribution in [-0.4, -0.2) is 62.7 Å². The minimum Gasteiger partial charge on any atom is -0.377 e. The highest BCUT2D eigenvalue weighted by molar-refractivity contribution is 6.32. The van der Waals surface area contributed by atoms with Crippen LogP contribution in [0.2, 0.25) is 5.02 Å². The summed E-state index contributed by atoms with van der Waals surface area (Å²) in [7, 11) is 0. The summed E-state index contributed by atoms with van der Waals surface area (Å²) in [6, 6.07) is 5.74. The lowest BCUT2D eigenvalue weighted by Gasteiger charge is -2.50. The van der Waals surface area contributed by atoms with Crippen LogP contribution < -0.4 is 5.32 Å². The van der Waals surface area contributed by atoms with Crippen molar-refractivity contribution in [3.8, 4) is 5.95 Å². The molecule has 0 amide bonds. The number of halogens is 1. The Morgan fingerprint density at radius 3 is 2.62 bits per heavy atom. The van der Waals surface area contributed by atoms with E-state index in [2.05, 4.69) is 38.3 Å². The first-order chi connectivity index (χ1) is 15.6. The number of anilines is 2. The molecule has 0 radical (unpaired) electrons. The maximum atomic E-state index is 7.84. The number of hydrogen-bond acceptors (Lipinski definition) is 7. The quantitative estimate of drug-likeness (QED) is 0.550. The minimum absolute atomic E-state index is 0.189. The van der Waals surface area contributed by atoms with Crippen molar-refractivity contribution in [3.05, 3.63) is 59.1 Å². The van der Waals surface area contributed by atoms with Crippen molar-refractivity contribution in [2.45, 2.75) is 31.2 Å². The van der Waals surface area contributed by atoms with E-state index in [1.807, 2.05) is 12.3 Å². The number of rotatable bonds is 6. The lowest BCUT2D eigenvalue weighted by molar-refractivity contribution is -0.136. The van der Waals surface area contributed by atoms with Crippen LogP contribution in [0.1, 0.15) is 36.8 Å². The van der Waals surface area contributed by atoms with Crippen LogP contribution in [-0.2, 0) is 4.74 Å². The van der Waals surface area contributed by atoms with Gasteiger partial charge in [0.2, 0.25) is 5.95 Å². The number of nitrogens with zero attached hydrogens (tertiary/aromatic N) is 5. The molecule has 3 aromatic rings. The maximum Gasteiger partial charge on any atom is 0.250 e. The first-order valence-corrected chi connectivity index (χ1v) is 11.2. The number of hydrogen-bond donors (Lipinski definition) is 2. The minimum atomic E-state index is 0.189. The Labute approximate surface area is 192 Å². The van der Waals surface area contributed by atoms with E-state index in [-0.39, 0.29) is 5.54 Å². The second kappa shape index (κ2) is 8.61. The van der Waals surface area contributed by atoms with Gasteiger partial charge in [-0.05, 0) is 62.5 Å². The third kappa shape index (κ3) is 4.01.